The molecule has 2 aliphatic heterocycles. The molecule has 0 N–H and O–H groups in total. The zero-order chi connectivity index (χ0) is 20.3. The second-order valence-corrected chi connectivity index (χ2v) is 10.2. The Morgan fingerprint density at radius 3 is 2.37 bits per heavy atom. The molecule has 2 saturated carbocycles. The summed E-state index contributed by atoms with van der Waals surface area (Å²) < 4.78 is 6.07. The molecule has 0 spiro atoms. The van der Waals surface area contributed by atoms with Crippen LogP contribution in [0.15, 0.2) is 26.4 Å². The van der Waals surface area contributed by atoms with Crippen molar-refractivity contribution in [2.75, 3.05) is 18.0 Å². The fourth-order valence-electron chi connectivity index (χ4n) is 5.26. The number of carbonyl (C=O) groups is 1. The van der Waals surface area contributed by atoms with Crippen LogP contribution in [0.4, 0.5) is 5.88 Å². The summed E-state index contributed by atoms with van der Waals surface area (Å²) in [6.45, 7) is 2.12. The van der Waals surface area contributed by atoms with E-state index in [1.54, 1.807) is 11.8 Å². The number of aliphatic imine (C=N–C) groups is 1. The zero-order valence-electron chi connectivity index (χ0n) is 17.9. The van der Waals surface area contributed by atoms with Crippen LogP contribution < -0.4 is 4.90 Å². The Hall–Kier alpha value is -1.69. The molecule has 30 heavy (non-hydrogen) atoms. The van der Waals surface area contributed by atoms with Gasteiger partial charge in [-0.15, -0.1) is 0 Å². The second-order valence-electron chi connectivity index (χ2n) is 9.15. The lowest BCUT2D eigenvalue weighted by Gasteiger charge is -2.31. The molecule has 1 aromatic heterocycles. The summed E-state index contributed by atoms with van der Waals surface area (Å²) in [6, 6.07) is 4.72. The van der Waals surface area contributed by atoms with E-state index < -0.39 is 0 Å². The molecule has 1 aromatic rings. The highest BCUT2D eigenvalue weighted by atomic mass is 32.2. The van der Waals surface area contributed by atoms with Gasteiger partial charge in [0.05, 0.1) is 10.9 Å². The van der Waals surface area contributed by atoms with Crippen LogP contribution in [-0.4, -0.2) is 41.1 Å². The molecule has 2 saturated heterocycles. The Balaban J connectivity index is 1.39. The predicted molar refractivity (Wildman–Crippen MR) is 124 cm³/mol. The third-order valence-electron chi connectivity index (χ3n) is 6.95. The molecule has 4 aliphatic rings. The van der Waals surface area contributed by atoms with Crippen LogP contribution in [0.25, 0.3) is 6.08 Å². The van der Waals surface area contributed by atoms with Crippen molar-refractivity contribution in [2.24, 2.45) is 4.99 Å². The van der Waals surface area contributed by atoms with Gasteiger partial charge in [-0.3, -0.25) is 14.7 Å². The first kappa shape index (κ1) is 20.2. The highest BCUT2D eigenvalue weighted by molar-refractivity contribution is 8.18. The second kappa shape index (κ2) is 9.21. The zero-order valence-corrected chi connectivity index (χ0v) is 18.7. The SMILES string of the molecule is O=C1/C(=C/c2ccc(N3CCCC3)o2)SC(=NC2CCCCC2)N1C1CCCCC1. The first-order chi connectivity index (χ1) is 14.8. The molecule has 0 atom stereocenters. The van der Waals surface area contributed by atoms with E-state index in [2.05, 4.69) is 4.90 Å². The minimum atomic E-state index is 0.126. The summed E-state index contributed by atoms with van der Waals surface area (Å²) in [5, 5.41) is 0.941. The number of nitrogens with zero attached hydrogens (tertiary/aromatic N) is 3. The maximum Gasteiger partial charge on any atom is 0.267 e. The van der Waals surface area contributed by atoms with Crippen molar-refractivity contribution in [3.63, 3.8) is 0 Å². The highest BCUT2D eigenvalue weighted by Gasteiger charge is 2.39. The van der Waals surface area contributed by atoms with Crippen LogP contribution in [-0.2, 0) is 4.79 Å². The molecule has 162 valence electrons. The lowest BCUT2D eigenvalue weighted by Crippen LogP contribution is -2.41. The quantitative estimate of drug-likeness (QED) is 0.568. The fourth-order valence-corrected chi connectivity index (χ4v) is 6.35. The number of thioether (sulfide) groups is 1. The molecular weight excluding hydrogens is 394 g/mol. The van der Waals surface area contributed by atoms with Crippen molar-refractivity contribution < 1.29 is 9.21 Å². The first-order valence-corrected chi connectivity index (χ1v) is 12.8. The molecule has 0 bridgehead atoms. The van der Waals surface area contributed by atoms with E-state index >= 15 is 0 Å². The third-order valence-corrected chi connectivity index (χ3v) is 7.95. The Kier molecular flexibility index (Phi) is 6.21. The van der Waals surface area contributed by atoms with E-state index in [4.69, 9.17) is 9.41 Å². The molecule has 4 fully saturated rings. The summed E-state index contributed by atoms with van der Waals surface area (Å²) in [7, 11) is 0. The number of rotatable bonds is 4. The van der Waals surface area contributed by atoms with E-state index in [1.807, 2.05) is 23.1 Å². The van der Waals surface area contributed by atoms with Gasteiger partial charge in [-0.25, -0.2) is 0 Å². The molecule has 5 nitrogen and oxygen atoms in total. The van der Waals surface area contributed by atoms with Crippen molar-refractivity contribution in [1.29, 1.82) is 0 Å². The van der Waals surface area contributed by atoms with Crippen LogP contribution in [0, 0.1) is 0 Å². The maximum atomic E-state index is 13.4. The number of furan rings is 1. The van der Waals surface area contributed by atoms with Crippen molar-refractivity contribution in [3.8, 4) is 0 Å². The van der Waals surface area contributed by atoms with Gasteiger partial charge in [-0.2, -0.15) is 0 Å². The number of anilines is 1. The monoisotopic (exact) mass is 427 g/mol. The van der Waals surface area contributed by atoms with Crippen LogP contribution in [0.1, 0.15) is 82.8 Å². The summed E-state index contributed by atoms with van der Waals surface area (Å²) in [4.78, 5) is 23.6. The van der Waals surface area contributed by atoms with E-state index in [0.29, 0.717) is 12.1 Å². The predicted octanol–water partition coefficient (Wildman–Crippen LogP) is 5.82. The van der Waals surface area contributed by atoms with Gasteiger partial charge in [0.1, 0.15) is 5.76 Å². The van der Waals surface area contributed by atoms with Crippen LogP contribution in [0.5, 0.6) is 0 Å². The Labute approximate surface area is 184 Å². The van der Waals surface area contributed by atoms with Gasteiger partial charge in [0.2, 0.25) is 0 Å². The molecule has 3 heterocycles. The summed E-state index contributed by atoms with van der Waals surface area (Å²) in [5.74, 6) is 1.82. The average Bonchev–Trinajstić information content (AvgIpc) is 3.52. The van der Waals surface area contributed by atoms with E-state index in [0.717, 1.165) is 60.5 Å². The van der Waals surface area contributed by atoms with Gasteiger partial charge in [-0.1, -0.05) is 38.5 Å². The molecule has 1 amide bonds. The lowest BCUT2D eigenvalue weighted by molar-refractivity contribution is -0.124. The minimum Gasteiger partial charge on any atom is -0.441 e. The van der Waals surface area contributed by atoms with Gasteiger partial charge >= 0.3 is 0 Å². The van der Waals surface area contributed by atoms with Gasteiger partial charge in [-0.05, 0) is 56.4 Å². The number of carbonyl (C=O) groups excluding carboxylic acids is 1. The molecule has 2 aliphatic carbocycles. The van der Waals surface area contributed by atoms with Gasteiger partial charge in [0.15, 0.2) is 11.1 Å². The van der Waals surface area contributed by atoms with Crippen LogP contribution in [0.3, 0.4) is 0 Å². The van der Waals surface area contributed by atoms with Crippen LogP contribution in [0.2, 0.25) is 0 Å². The van der Waals surface area contributed by atoms with E-state index in [1.165, 1.54) is 51.4 Å². The van der Waals surface area contributed by atoms with Gasteiger partial charge in [0, 0.05) is 31.3 Å². The largest absolute Gasteiger partial charge is 0.441 e. The standard InChI is InChI=1S/C24H33N3O2S/c28-23-21(17-20-13-14-22(29-20)26-15-7-8-16-26)30-24(25-18-9-3-1-4-10-18)27(23)19-11-5-2-6-12-19/h13-14,17-19H,1-12,15-16H2/b21-17-,25-24?. The van der Waals surface area contributed by atoms with Gasteiger partial charge in [0.25, 0.3) is 5.91 Å². The normalized spacial score (nSPS) is 27.1. The smallest absolute Gasteiger partial charge is 0.267 e. The third kappa shape index (κ3) is 4.34. The minimum absolute atomic E-state index is 0.126. The lowest BCUT2D eigenvalue weighted by atomic mass is 9.94. The fraction of sp³-hybridized carbons (Fsp3) is 0.667. The molecule has 0 aromatic carbocycles. The Morgan fingerprint density at radius 1 is 0.933 bits per heavy atom. The Bertz CT molecular complexity index is 812. The number of amidine groups is 1. The molecule has 0 unspecified atom stereocenters. The van der Waals surface area contributed by atoms with Crippen molar-refractivity contribution in [2.45, 2.75) is 89.1 Å². The van der Waals surface area contributed by atoms with E-state index in [-0.39, 0.29) is 5.91 Å². The number of hydrogen-bond acceptors (Lipinski definition) is 5. The van der Waals surface area contributed by atoms with Crippen molar-refractivity contribution >= 4 is 34.8 Å². The molecule has 0 radical (unpaired) electrons. The number of amides is 1. The van der Waals surface area contributed by atoms with Crippen molar-refractivity contribution in [3.05, 3.63) is 22.8 Å². The summed E-state index contributed by atoms with van der Waals surface area (Å²) in [5.41, 5.74) is 0. The maximum absolute atomic E-state index is 13.4. The highest BCUT2D eigenvalue weighted by Crippen LogP contribution is 2.39. The Morgan fingerprint density at radius 2 is 1.63 bits per heavy atom. The van der Waals surface area contributed by atoms with Crippen LogP contribution >= 0.6 is 11.8 Å². The van der Waals surface area contributed by atoms with E-state index in [9.17, 15) is 4.79 Å². The first-order valence-electron chi connectivity index (χ1n) is 11.9. The van der Waals surface area contributed by atoms with Gasteiger partial charge < -0.3 is 9.32 Å². The topological polar surface area (TPSA) is 49.1 Å². The molecular formula is C24H33N3O2S. The average molecular weight is 428 g/mol. The van der Waals surface area contributed by atoms with Crippen molar-refractivity contribution in [1.82, 2.24) is 4.90 Å². The molecule has 6 heteroatoms. The summed E-state index contributed by atoms with van der Waals surface area (Å²) >= 11 is 1.56. The molecule has 5 rings (SSSR count). The summed E-state index contributed by atoms with van der Waals surface area (Å²) in [6.07, 6.45) is 16.5. The number of hydrogen-bond donors (Lipinski definition) is 0.